The van der Waals surface area contributed by atoms with E-state index in [2.05, 4.69) is 0 Å². The van der Waals surface area contributed by atoms with Crippen molar-refractivity contribution in [2.24, 2.45) is 0 Å². The number of allylic oxidation sites excluding steroid dienone is 1. The lowest BCUT2D eigenvalue weighted by molar-refractivity contribution is 0.432. The Morgan fingerprint density at radius 3 is 2.11 bits per heavy atom. The van der Waals surface area contributed by atoms with Crippen molar-refractivity contribution >= 4 is 11.6 Å². The van der Waals surface area contributed by atoms with Gasteiger partial charge in [0.05, 0.1) is 0 Å². The first-order valence-corrected chi connectivity index (χ1v) is 5.63. The molecule has 0 amide bonds. The Kier molecular flexibility index (Phi) is 3.51. The molecule has 2 N–H and O–H groups in total. The normalized spacial score (nSPS) is 11.6. The maximum atomic E-state index is 13.2. The van der Waals surface area contributed by atoms with Crippen molar-refractivity contribution in [2.45, 2.75) is 6.92 Å². The molecule has 0 aliphatic carbocycles. The fourth-order valence-corrected chi connectivity index (χ4v) is 1.70. The summed E-state index contributed by atoms with van der Waals surface area (Å²) < 4.78 is 26.4. The minimum Gasteiger partial charge on any atom is -0.505 e. The van der Waals surface area contributed by atoms with Crippen LogP contribution in [0.25, 0.3) is 11.6 Å². The van der Waals surface area contributed by atoms with Crippen LogP contribution in [-0.2, 0) is 0 Å². The number of hydrogen-bond acceptors (Lipinski definition) is 2. The molecule has 0 heterocycles. The van der Waals surface area contributed by atoms with Gasteiger partial charge in [0.1, 0.15) is 0 Å². The highest BCUT2D eigenvalue weighted by Crippen LogP contribution is 2.24. The average molecular weight is 262 g/mol. The van der Waals surface area contributed by atoms with Crippen molar-refractivity contribution in [3.8, 4) is 11.5 Å². The molecule has 0 aliphatic heterocycles. The Labute approximate surface area is 109 Å². The van der Waals surface area contributed by atoms with E-state index in [0.29, 0.717) is 16.7 Å². The van der Waals surface area contributed by atoms with Gasteiger partial charge in [-0.05, 0) is 47.9 Å². The molecule has 0 saturated heterocycles. The van der Waals surface area contributed by atoms with Gasteiger partial charge >= 0.3 is 0 Å². The van der Waals surface area contributed by atoms with Crippen LogP contribution in [0.3, 0.4) is 0 Å². The quantitative estimate of drug-likeness (QED) is 0.805. The van der Waals surface area contributed by atoms with Crippen molar-refractivity contribution in [3.63, 3.8) is 0 Å². The Morgan fingerprint density at radius 1 is 0.947 bits per heavy atom. The predicted molar refractivity (Wildman–Crippen MR) is 69.7 cm³/mol. The van der Waals surface area contributed by atoms with Gasteiger partial charge in [-0.3, -0.25) is 0 Å². The molecule has 0 bridgehead atoms. The third-order valence-electron chi connectivity index (χ3n) is 2.76. The SMILES string of the molecule is C/C(=C\c1ccc(O)c(F)c1)c1ccc(O)c(F)c1. The molecular formula is C15H12F2O2. The highest BCUT2D eigenvalue weighted by atomic mass is 19.1. The molecular weight excluding hydrogens is 250 g/mol. The number of rotatable bonds is 2. The van der Waals surface area contributed by atoms with Gasteiger partial charge in [-0.1, -0.05) is 18.2 Å². The largest absolute Gasteiger partial charge is 0.505 e. The Bertz CT molecular complexity index is 649. The van der Waals surface area contributed by atoms with Crippen LogP contribution in [0, 0.1) is 11.6 Å². The fourth-order valence-electron chi connectivity index (χ4n) is 1.70. The lowest BCUT2D eigenvalue weighted by Crippen LogP contribution is -1.84. The number of aromatic hydroxyl groups is 2. The molecule has 2 nitrogen and oxygen atoms in total. The first-order chi connectivity index (χ1) is 8.97. The van der Waals surface area contributed by atoms with Crippen LogP contribution in [-0.4, -0.2) is 10.2 Å². The summed E-state index contributed by atoms with van der Waals surface area (Å²) >= 11 is 0. The van der Waals surface area contributed by atoms with Gasteiger partial charge < -0.3 is 10.2 Å². The number of hydrogen-bond donors (Lipinski definition) is 2. The molecule has 0 aliphatic rings. The first-order valence-electron chi connectivity index (χ1n) is 5.63. The van der Waals surface area contributed by atoms with Gasteiger partial charge in [0.25, 0.3) is 0 Å². The summed E-state index contributed by atoms with van der Waals surface area (Å²) in [5, 5.41) is 18.2. The smallest absolute Gasteiger partial charge is 0.165 e. The van der Waals surface area contributed by atoms with Crippen LogP contribution in [0.5, 0.6) is 11.5 Å². The number of phenols is 2. The van der Waals surface area contributed by atoms with Gasteiger partial charge in [0, 0.05) is 0 Å². The monoisotopic (exact) mass is 262 g/mol. The molecule has 19 heavy (non-hydrogen) atoms. The second-order valence-electron chi connectivity index (χ2n) is 4.20. The van der Waals surface area contributed by atoms with Crippen LogP contribution in [0.2, 0.25) is 0 Å². The topological polar surface area (TPSA) is 40.5 Å². The zero-order valence-electron chi connectivity index (χ0n) is 10.2. The summed E-state index contributed by atoms with van der Waals surface area (Å²) in [7, 11) is 0. The van der Waals surface area contributed by atoms with E-state index in [-0.39, 0.29) is 0 Å². The fraction of sp³-hybridized carbons (Fsp3) is 0.0667. The summed E-state index contributed by atoms with van der Waals surface area (Å²) in [6.07, 6.45) is 1.66. The van der Waals surface area contributed by atoms with Crippen molar-refractivity contribution in [1.82, 2.24) is 0 Å². The summed E-state index contributed by atoms with van der Waals surface area (Å²) in [4.78, 5) is 0. The lowest BCUT2D eigenvalue weighted by Gasteiger charge is -2.04. The maximum Gasteiger partial charge on any atom is 0.165 e. The third-order valence-corrected chi connectivity index (χ3v) is 2.76. The summed E-state index contributed by atoms with van der Waals surface area (Å²) in [6.45, 7) is 1.75. The molecule has 0 fully saturated rings. The van der Waals surface area contributed by atoms with Gasteiger partial charge in [-0.15, -0.1) is 0 Å². The van der Waals surface area contributed by atoms with Crippen LogP contribution in [0.1, 0.15) is 18.1 Å². The highest BCUT2D eigenvalue weighted by Gasteiger charge is 2.04. The Morgan fingerprint density at radius 2 is 1.53 bits per heavy atom. The van der Waals surface area contributed by atoms with Gasteiger partial charge in [-0.2, -0.15) is 0 Å². The molecule has 0 saturated carbocycles. The summed E-state index contributed by atoms with van der Waals surface area (Å²) in [6, 6.07) is 8.04. The zero-order chi connectivity index (χ0) is 14.0. The molecule has 0 atom stereocenters. The number of phenolic OH excluding ortho intramolecular Hbond substituents is 2. The van der Waals surface area contributed by atoms with Crippen LogP contribution >= 0.6 is 0 Å². The molecule has 0 spiro atoms. The summed E-state index contributed by atoms with van der Waals surface area (Å²) in [5.74, 6) is -2.24. The molecule has 2 aromatic carbocycles. The van der Waals surface area contributed by atoms with Crippen molar-refractivity contribution in [1.29, 1.82) is 0 Å². The van der Waals surface area contributed by atoms with Crippen LogP contribution in [0.15, 0.2) is 36.4 Å². The van der Waals surface area contributed by atoms with E-state index in [4.69, 9.17) is 10.2 Å². The number of benzene rings is 2. The number of halogens is 2. The van der Waals surface area contributed by atoms with E-state index in [1.165, 1.54) is 24.3 Å². The van der Waals surface area contributed by atoms with Gasteiger partial charge in [0.2, 0.25) is 0 Å². The molecule has 0 aromatic heterocycles. The second-order valence-corrected chi connectivity index (χ2v) is 4.20. The standard InChI is InChI=1S/C15H12F2O2/c1-9(11-3-5-15(19)13(17)8-11)6-10-2-4-14(18)12(16)7-10/h2-8,18-19H,1H3/b9-6+. The van der Waals surface area contributed by atoms with E-state index in [0.717, 1.165) is 0 Å². The lowest BCUT2D eigenvalue weighted by atomic mass is 10.0. The maximum absolute atomic E-state index is 13.2. The Hall–Kier alpha value is -2.36. The van der Waals surface area contributed by atoms with Crippen molar-refractivity contribution in [2.75, 3.05) is 0 Å². The van der Waals surface area contributed by atoms with Crippen LogP contribution in [0.4, 0.5) is 8.78 Å². The highest BCUT2D eigenvalue weighted by molar-refractivity contribution is 5.80. The van der Waals surface area contributed by atoms with Crippen molar-refractivity contribution in [3.05, 3.63) is 59.2 Å². The van der Waals surface area contributed by atoms with E-state index in [1.54, 1.807) is 25.1 Å². The van der Waals surface area contributed by atoms with Crippen LogP contribution < -0.4 is 0 Å². The first kappa shape index (κ1) is 13.1. The molecule has 0 radical (unpaired) electrons. The van der Waals surface area contributed by atoms with E-state index in [9.17, 15) is 8.78 Å². The van der Waals surface area contributed by atoms with E-state index >= 15 is 0 Å². The minimum atomic E-state index is -0.710. The predicted octanol–water partition coefficient (Wildman–Crippen LogP) is 3.94. The second kappa shape index (κ2) is 5.10. The molecule has 2 rings (SSSR count). The van der Waals surface area contributed by atoms with Crippen molar-refractivity contribution < 1.29 is 19.0 Å². The minimum absolute atomic E-state index is 0.410. The van der Waals surface area contributed by atoms with E-state index in [1.807, 2.05) is 0 Å². The van der Waals surface area contributed by atoms with Gasteiger partial charge in [-0.25, -0.2) is 8.78 Å². The van der Waals surface area contributed by atoms with Gasteiger partial charge in [0.15, 0.2) is 23.1 Å². The molecule has 2 aromatic rings. The third kappa shape index (κ3) is 2.91. The zero-order valence-corrected chi connectivity index (χ0v) is 10.2. The molecule has 0 unspecified atom stereocenters. The Balaban J connectivity index is 2.36. The summed E-state index contributed by atoms with van der Waals surface area (Å²) in [5.41, 5.74) is 1.86. The average Bonchev–Trinajstić information content (AvgIpc) is 2.37. The van der Waals surface area contributed by atoms with E-state index < -0.39 is 23.1 Å². The molecule has 4 heteroatoms. The molecule has 98 valence electrons.